The molecule has 3 heteroatoms. The normalized spacial score (nSPS) is 11.7. The molecule has 0 radical (unpaired) electrons. The summed E-state index contributed by atoms with van der Waals surface area (Å²) in [7, 11) is 1.72. The summed E-state index contributed by atoms with van der Waals surface area (Å²) in [5.74, 6) is 0.966. The molecule has 0 aliphatic heterocycles. The highest BCUT2D eigenvalue weighted by atomic mass is 16.5. The van der Waals surface area contributed by atoms with E-state index in [0.717, 1.165) is 31.8 Å². The van der Waals surface area contributed by atoms with Crippen LogP contribution in [0.4, 0.5) is 0 Å². The molecule has 0 unspecified atom stereocenters. The Bertz CT molecular complexity index is 413. The zero-order valence-electron chi connectivity index (χ0n) is 13.0. The number of benzene rings is 1. The lowest BCUT2D eigenvalue weighted by molar-refractivity contribution is 0.409. The lowest BCUT2D eigenvalue weighted by Gasteiger charge is -2.28. The smallest absolute Gasteiger partial charge is 0.122 e. The molecular formula is C16H28N2O. The largest absolute Gasteiger partial charge is 0.496 e. The average molecular weight is 264 g/mol. The third-order valence-electron chi connectivity index (χ3n) is 3.60. The Morgan fingerprint density at radius 2 is 1.89 bits per heavy atom. The fraction of sp³-hybridized carbons (Fsp3) is 0.625. The van der Waals surface area contributed by atoms with Crippen LogP contribution in [-0.2, 0) is 5.41 Å². The van der Waals surface area contributed by atoms with Crippen LogP contribution in [0.5, 0.6) is 5.75 Å². The molecule has 19 heavy (non-hydrogen) atoms. The summed E-state index contributed by atoms with van der Waals surface area (Å²) in [5.41, 5.74) is 9.48. The molecule has 0 spiro atoms. The quantitative estimate of drug-likeness (QED) is 0.744. The van der Waals surface area contributed by atoms with Crippen molar-refractivity contribution in [1.29, 1.82) is 0 Å². The first-order chi connectivity index (χ1) is 8.92. The predicted octanol–water partition coefficient (Wildman–Crippen LogP) is 2.53. The zero-order valence-corrected chi connectivity index (χ0v) is 13.0. The lowest BCUT2D eigenvalue weighted by Crippen LogP contribution is -2.34. The van der Waals surface area contributed by atoms with Crippen LogP contribution in [0, 0.1) is 13.8 Å². The maximum atomic E-state index is 5.51. The first kappa shape index (κ1) is 16.0. The fourth-order valence-corrected chi connectivity index (χ4v) is 2.46. The van der Waals surface area contributed by atoms with Gasteiger partial charge in [-0.25, -0.2) is 0 Å². The average Bonchev–Trinajstić information content (AvgIpc) is 2.36. The van der Waals surface area contributed by atoms with E-state index in [2.05, 4.69) is 45.1 Å². The summed E-state index contributed by atoms with van der Waals surface area (Å²) in [6, 6.07) is 4.38. The molecule has 0 amide bonds. The van der Waals surface area contributed by atoms with Crippen molar-refractivity contribution in [3.05, 3.63) is 28.8 Å². The van der Waals surface area contributed by atoms with Gasteiger partial charge in [0.1, 0.15) is 5.75 Å². The summed E-state index contributed by atoms with van der Waals surface area (Å²) in [4.78, 5) is 0. The van der Waals surface area contributed by atoms with Gasteiger partial charge in [-0.3, -0.25) is 0 Å². The van der Waals surface area contributed by atoms with Crippen LogP contribution >= 0.6 is 0 Å². The van der Waals surface area contributed by atoms with Gasteiger partial charge in [-0.05, 0) is 56.1 Å². The van der Waals surface area contributed by atoms with E-state index in [0.29, 0.717) is 0 Å². The molecule has 0 saturated carbocycles. The highest BCUT2D eigenvalue weighted by Gasteiger charge is 2.23. The van der Waals surface area contributed by atoms with Gasteiger partial charge in [0.25, 0.3) is 0 Å². The van der Waals surface area contributed by atoms with E-state index in [9.17, 15) is 0 Å². The van der Waals surface area contributed by atoms with Gasteiger partial charge >= 0.3 is 0 Å². The highest BCUT2D eigenvalue weighted by Crippen LogP contribution is 2.31. The first-order valence-corrected chi connectivity index (χ1v) is 6.99. The molecule has 3 nitrogen and oxygen atoms in total. The van der Waals surface area contributed by atoms with E-state index < -0.39 is 0 Å². The fourth-order valence-electron chi connectivity index (χ4n) is 2.46. The maximum Gasteiger partial charge on any atom is 0.122 e. The van der Waals surface area contributed by atoms with Crippen LogP contribution < -0.4 is 15.8 Å². The molecule has 0 bridgehead atoms. The van der Waals surface area contributed by atoms with Gasteiger partial charge < -0.3 is 15.8 Å². The van der Waals surface area contributed by atoms with Gasteiger partial charge in [0.2, 0.25) is 0 Å². The van der Waals surface area contributed by atoms with Crippen molar-refractivity contribution in [3.8, 4) is 5.75 Å². The lowest BCUT2D eigenvalue weighted by atomic mass is 9.81. The monoisotopic (exact) mass is 264 g/mol. The molecule has 0 aliphatic carbocycles. The second kappa shape index (κ2) is 6.92. The molecule has 0 heterocycles. The van der Waals surface area contributed by atoms with Crippen molar-refractivity contribution < 1.29 is 4.74 Å². The summed E-state index contributed by atoms with van der Waals surface area (Å²) in [6.07, 6.45) is 1.02. The van der Waals surface area contributed by atoms with Gasteiger partial charge in [0.15, 0.2) is 0 Å². The van der Waals surface area contributed by atoms with E-state index in [1.54, 1.807) is 7.11 Å². The topological polar surface area (TPSA) is 47.3 Å². The number of nitrogens with one attached hydrogen (secondary N) is 1. The minimum atomic E-state index is 0.107. The standard InChI is InChI=1S/C16H28N2O/c1-12-10-15(19-5)13(2)9-14(12)16(3,4)11-18-8-6-7-17/h9-10,18H,6-8,11,17H2,1-5H3. The van der Waals surface area contributed by atoms with Crippen molar-refractivity contribution in [3.63, 3.8) is 0 Å². The van der Waals surface area contributed by atoms with Gasteiger partial charge in [-0.1, -0.05) is 19.9 Å². The Balaban J connectivity index is 2.85. The van der Waals surface area contributed by atoms with Gasteiger partial charge in [-0.15, -0.1) is 0 Å². The van der Waals surface area contributed by atoms with Crippen molar-refractivity contribution in [1.82, 2.24) is 5.32 Å². The molecule has 108 valence electrons. The van der Waals surface area contributed by atoms with Crippen molar-refractivity contribution in [2.45, 2.75) is 39.5 Å². The molecule has 0 fully saturated rings. The minimum absolute atomic E-state index is 0.107. The number of ether oxygens (including phenoxy) is 1. The third-order valence-corrected chi connectivity index (χ3v) is 3.60. The summed E-state index contributed by atoms with van der Waals surface area (Å²) >= 11 is 0. The number of rotatable bonds is 7. The van der Waals surface area contributed by atoms with Crippen molar-refractivity contribution in [2.24, 2.45) is 5.73 Å². The number of hydrogen-bond donors (Lipinski definition) is 2. The van der Waals surface area contributed by atoms with Gasteiger partial charge in [0.05, 0.1) is 7.11 Å². The zero-order chi connectivity index (χ0) is 14.5. The molecule has 1 aromatic carbocycles. The molecule has 1 aromatic rings. The van der Waals surface area contributed by atoms with E-state index in [1.165, 1.54) is 16.7 Å². The second-order valence-corrected chi connectivity index (χ2v) is 5.84. The Hall–Kier alpha value is -1.06. The predicted molar refractivity (Wildman–Crippen MR) is 82.0 cm³/mol. The van der Waals surface area contributed by atoms with Gasteiger partial charge in [0, 0.05) is 12.0 Å². The van der Waals surface area contributed by atoms with E-state index >= 15 is 0 Å². The van der Waals surface area contributed by atoms with Crippen molar-refractivity contribution in [2.75, 3.05) is 26.7 Å². The molecule has 0 aliphatic rings. The Morgan fingerprint density at radius 1 is 1.21 bits per heavy atom. The van der Waals surface area contributed by atoms with Gasteiger partial charge in [-0.2, -0.15) is 0 Å². The number of methoxy groups -OCH3 is 1. The first-order valence-electron chi connectivity index (χ1n) is 6.99. The van der Waals surface area contributed by atoms with Crippen LogP contribution in [-0.4, -0.2) is 26.7 Å². The number of nitrogens with two attached hydrogens (primary N) is 1. The molecule has 1 rings (SSSR count). The van der Waals surface area contributed by atoms with Crippen LogP contribution in [0.2, 0.25) is 0 Å². The number of hydrogen-bond acceptors (Lipinski definition) is 3. The SMILES string of the molecule is COc1cc(C)c(C(C)(C)CNCCCN)cc1C. The molecule has 3 N–H and O–H groups in total. The van der Waals surface area contributed by atoms with Crippen LogP contribution in [0.25, 0.3) is 0 Å². The maximum absolute atomic E-state index is 5.51. The van der Waals surface area contributed by atoms with Crippen LogP contribution in [0.3, 0.4) is 0 Å². The Labute approximate surface area is 117 Å². The molecule has 0 aromatic heterocycles. The van der Waals surface area contributed by atoms with Crippen LogP contribution in [0.1, 0.15) is 37.0 Å². The molecule has 0 atom stereocenters. The number of aryl methyl sites for hydroxylation is 2. The summed E-state index contributed by atoms with van der Waals surface area (Å²) in [5, 5.41) is 3.49. The highest BCUT2D eigenvalue weighted by molar-refractivity contribution is 5.44. The Morgan fingerprint density at radius 3 is 2.47 bits per heavy atom. The minimum Gasteiger partial charge on any atom is -0.496 e. The molecular weight excluding hydrogens is 236 g/mol. The van der Waals surface area contributed by atoms with E-state index in [4.69, 9.17) is 10.5 Å². The van der Waals surface area contributed by atoms with Crippen LogP contribution in [0.15, 0.2) is 12.1 Å². The Kier molecular flexibility index (Phi) is 5.83. The van der Waals surface area contributed by atoms with E-state index in [1.807, 2.05) is 0 Å². The summed E-state index contributed by atoms with van der Waals surface area (Å²) < 4.78 is 5.38. The van der Waals surface area contributed by atoms with Crippen molar-refractivity contribution >= 4 is 0 Å². The van der Waals surface area contributed by atoms with E-state index in [-0.39, 0.29) is 5.41 Å². The summed E-state index contributed by atoms with van der Waals surface area (Å²) in [6.45, 7) is 11.5. The second-order valence-electron chi connectivity index (χ2n) is 5.84. The molecule has 0 saturated heterocycles. The third kappa shape index (κ3) is 4.22.